The molecule has 0 bridgehead atoms. The average Bonchev–Trinajstić information content (AvgIpc) is 2.81. The summed E-state index contributed by atoms with van der Waals surface area (Å²) in [6.07, 6.45) is 2.09. The number of carboxylic acid groups (broad SMARTS) is 1. The minimum atomic E-state index is -3.98. The number of benzene rings is 3. The molecule has 0 saturated heterocycles. The van der Waals surface area contributed by atoms with Crippen LogP contribution in [-0.4, -0.2) is 47.7 Å². The number of aromatic hydroxyl groups is 1. The van der Waals surface area contributed by atoms with E-state index in [1.54, 1.807) is 0 Å². The Morgan fingerprint density at radius 3 is 2.26 bits per heavy atom. The summed E-state index contributed by atoms with van der Waals surface area (Å²) in [6, 6.07) is 12.2. The van der Waals surface area contributed by atoms with Crippen LogP contribution in [0.25, 0.3) is 6.08 Å². The van der Waals surface area contributed by atoms with Gasteiger partial charge in [0.2, 0.25) is 0 Å². The van der Waals surface area contributed by atoms with Crippen LogP contribution in [0.15, 0.2) is 71.4 Å². The molecule has 0 aliphatic rings. The first kappa shape index (κ1) is 29.4. The Balaban J connectivity index is 1.82. The molecule has 0 aliphatic carbocycles. The third-order valence-electron chi connectivity index (χ3n) is 5.33. The highest BCUT2D eigenvalue weighted by atomic mass is 35.5. The van der Waals surface area contributed by atoms with Crippen LogP contribution in [0.1, 0.15) is 21.5 Å². The van der Waals surface area contributed by atoms with Gasteiger partial charge in [-0.05, 0) is 59.7 Å². The molecule has 0 spiro atoms. The monoisotopic (exact) mass is 597 g/mol. The number of nitrogens with one attached hydrogen (secondary N) is 1. The standard InChI is InChI=1S/C25H22Cl2NO8PS/c1-38(35,36)19-7-2-4-15(10-19)13-22(25(31)32)28-24(30)23-20(26)11-16(12-21(23)27)8-9-37(33,34)18-6-3-5-17(29)14-18/h2-12,14,22,29H,13H2,1H3,(H,28,30)(H,31,32)(H,33,34)/b9-8+/t22-/m0/s1. The number of halogens is 2. The fourth-order valence-corrected chi connectivity index (χ4v) is 5.97. The predicted molar refractivity (Wildman–Crippen MR) is 145 cm³/mol. The minimum absolute atomic E-state index is 0.00345. The number of carbonyl (C=O) groups is 2. The predicted octanol–water partition coefficient (Wildman–Crippen LogP) is 4.09. The number of sulfone groups is 1. The molecular weight excluding hydrogens is 576 g/mol. The van der Waals surface area contributed by atoms with Gasteiger partial charge in [-0.15, -0.1) is 0 Å². The highest BCUT2D eigenvalue weighted by Gasteiger charge is 2.25. The summed E-state index contributed by atoms with van der Waals surface area (Å²) in [6.45, 7) is 0. The second-order valence-electron chi connectivity index (χ2n) is 8.31. The van der Waals surface area contributed by atoms with Crippen molar-refractivity contribution in [2.45, 2.75) is 17.4 Å². The Morgan fingerprint density at radius 2 is 1.68 bits per heavy atom. The molecule has 200 valence electrons. The number of hydrogen-bond donors (Lipinski definition) is 4. The van der Waals surface area contributed by atoms with E-state index in [0.717, 1.165) is 18.1 Å². The van der Waals surface area contributed by atoms with Gasteiger partial charge in [0.1, 0.15) is 11.8 Å². The van der Waals surface area contributed by atoms with Gasteiger partial charge in [-0.1, -0.05) is 41.4 Å². The van der Waals surface area contributed by atoms with Crippen molar-refractivity contribution >= 4 is 63.7 Å². The van der Waals surface area contributed by atoms with Gasteiger partial charge in [-0.25, -0.2) is 13.2 Å². The maximum Gasteiger partial charge on any atom is 0.326 e. The molecule has 3 aromatic rings. The van der Waals surface area contributed by atoms with E-state index in [4.69, 9.17) is 23.2 Å². The number of phenolic OH excluding ortho intramolecular Hbond substituents is 1. The van der Waals surface area contributed by atoms with Gasteiger partial charge in [-0.3, -0.25) is 9.36 Å². The van der Waals surface area contributed by atoms with Crippen LogP contribution in [0, 0.1) is 0 Å². The summed E-state index contributed by atoms with van der Waals surface area (Å²) in [5.41, 5.74) is 0.457. The van der Waals surface area contributed by atoms with E-state index in [0.29, 0.717) is 11.1 Å². The Kier molecular flexibility index (Phi) is 9.07. The number of carbonyl (C=O) groups excluding carboxylic acids is 1. The van der Waals surface area contributed by atoms with Crippen molar-refractivity contribution in [3.8, 4) is 5.75 Å². The Morgan fingerprint density at radius 1 is 1.05 bits per heavy atom. The van der Waals surface area contributed by atoms with Crippen molar-refractivity contribution in [2.24, 2.45) is 0 Å². The largest absolute Gasteiger partial charge is 0.508 e. The third-order valence-corrected chi connectivity index (χ3v) is 8.61. The quantitative estimate of drug-likeness (QED) is 0.268. The van der Waals surface area contributed by atoms with Crippen LogP contribution in [0.4, 0.5) is 0 Å². The van der Waals surface area contributed by atoms with Gasteiger partial charge in [0, 0.05) is 23.8 Å². The number of rotatable bonds is 9. The lowest BCUT2D eigenvalue weighted by Gasteiger charge is -2.16. The van der Waals surface area contributed by atoms with E-state index < -0.39 is 35.1 Å². The molecule has 38 heavy (non-hydrogen) atoms. The SMILES string of the molecule is CS(=O)(=O)c1cccc(C[C@H](NC(=O)c2c(Cl)cc(/C=C/P(=O)(O)c3cccc(O)c3)cc2Cl)C(=O)O)c1. The van der Waals surface area contributed by atoms with Crippen LogP contribution in [0.3, 0.4) is 0 Å². The molecule has 3 rings (SSSR count). The van der Waals surface area contributed by atoms with E-state index in [2.05, 4.69) is 5.32 Å². The molecule has 9 nitrogen and oxygen atoms in total. The number of hydrogen-bond acceptors (Lipinski definition) is 6. The highest BCUT2D eigenvalue weighted by molar-refractivity contribution is 7.90. The molecule has 0 aromatic heterocycles. The van der Waals surface area contributed by atoms with E-state index >= 15 is 0 Å². The van der Waals surface area contributed by atoms with Crippen molar-refractivity contribution in [1.82, 2.24) is 5.32 Å². The topological polar surface area (TPSA) is 158 Å². The second-order valence-corrected chi connectivity index (χ2v) is 13.2. The molecule has 13 heteroatoms. The van der Waals surface area contributed by atoms with Crippen molar-refractivity contribution < 1.29 is 37.7 Å². The molecule has 0 fully saturated rings. The molecule has 2 atom stereocenters. The van der Waals surface area contributed by atoms with E-state index in [-0.39, 0.29) is 38.0 Å². The maximum atomic E-state index is 12.9. The Bertz CT molecular complexity index is 1570. The number of phenols is 1. The van der Waals surface area contributed by atoms with E-state index in [1.165, 1.54) is 60.7 Å². The molecule has 0 radical (unpaired) electrons. The zero-order valence-electron chi connectivity index (χ0n) is 19.7. The first-order valence-electron chi connectivity index (χ1n) is 10.8. The summed E-state index contributed by atoms with van der Waals surface area (Å²) >= 11 is 12.5. The smallest absolute Gasteiger partial charge is 0.326 e. The van der Waals surface area contributed by atoms with E-state index in [9.17, 15) is 37.7 Å². The zero-order chi connectivity index (χ0) is 28.3. The van der Waals surface area contributed by atoms with Gasteiger partial charge >= 0.3 is 5.97 Å². The van der Waals surface area contributed by atoms with Crippen LogP contribution in [-0.2, 0) is 25.6 Å². The normalized spacial score (nSPS) is 14.1. The second kappa shape index (κ2) is 11.7. The van der Waals surface area contributed by atoms with Crippen molar-refractivity contribution in [3.05, 3.63) is 93.2 Å². The average molecular weight is 598 g/mol. The van der Waals surface area contributed by atoms with Gasteiger partial charge < -0.3 is 20.4 Å². The summed E-state index contributed by atoms with van der Waals surface area (Å²) in [5, 5.41) is 21.2. The minimum Gasteiger partial charge on any atom is -0.508 e. The lowest BCUT2D eigenvalue weighted by molar-refractivity contribution is -0.139. The van der Waals surface area contributed by atoms with Crippen LogP contribution in [0.5, 0.6) is 5.75 Å². The molecule has 3 aromatic carbocycles. The summed E-state index contributed by atoms with van der Waals surface area (Å²) in [7, 11) is -7.50. The van der Waals surface area contributed by atoms with Crippen LogP contribution >= 0.6 is 30.6 Å². The van der Waals surface area contributed by atoms with Gasteiger partial charge in [0.15, 0.2) is 9.84 Å². The van der Waals surface area contributed by atoms with E-state index in [1.807, 2.05) is 0 Å². The molecule has 0 saturated carbocycles. The Hall–Kier alpha value is -3.14. The fraction of sp³-hybridized carbons (Fsp3) is 0.120. The molecule has 1 unspecified atom stereocenters. The molecule has 4 N–H and O–H groups in total. The van der Waals surface area contributed by atoms with Crippen LogP contribution in [0.2, 0.25) is 10.0 Å². The van der Waals surface area contributed by atoms with Crippen LogP contribution < -0.4 is 10.6 Å². The van der Waals surface area contributed by atoms with Gasteiger partial charge in [-0.2, -0.15) is 0 Å². The number of carboxylic acids is 1. The lowest BCUT2D eigenvalue weighted by Crippen LogP contribution is -2.42. The Labute approximate surface area is 228 Å². The molecule has 0 heterocycles. The highest BCUT2D eigenvalue weighted by Crippen LogP contribution is 2.42. The van der Waals surface area contributed by atoms with Crippen molar-refractivity contribution in [1.29, 1.82) is 0 Å². The number of amides is 1. The first-order valence-corrected chi connectivity index (χ1v) is 15.2. The van der Waals surface area contributed by atoms with Crippen molar-refractivity contribution in [2.75, 3.05) is 6.26 Å². The molecule has 0 aliphatic heterocycles. The zero-order valence-corrected chi connectivity index (χ0v) is 22.9. The first-order chi connectivity index (χ1) is 17.7. The lowest BCUT2D eigenvalue weighted by atomic mass is 10.0. The molecular formula is C25H22Cl2NO8PS. The summed E-state index contributed by atoms with van der Waals surface area (Å²) in [5.74, 6) is -1.39. The number of aliphatic carboxylic acids is 1. The van der Waals surface area contributed by atoms with Gasteiger partial charge in [0.25, 0.3) is 13.3 Å². The third kappa shape index (κ3) is 7.46. The maximum absolute atomic E-state index is 12.9. The molecule has 1 amide bonds. The fourth-order valence-electron chi connectivity index (χ4n) is 3.44. The summed E-state index contributed by atoms with van der Waals surface area (Å²) < 4.78 is 36.2. The van der Waals surface area contributed by atoms with Gasteiger partial charge in [0.05, 0.1) is 20.5 Å². The van der Waals surface area contributed by atoms with Crippen molar-refractivity contribution in [3.63, 3.8) is 0 Å². The summed E-state index contributed by atoms with van der Waals surface area (Å²) in [4.78, 5) is 35.1.